The van der Waals surface area contributed by atoms with E-state index in [9.17, 15) is 29.1 Å². The molecule has 0 saturated carbocycles. The molecule has 0 aromatic rings. The molecule has 0 rings (SSSR count). The van der Waals surface area contributed by atoms with Crippen molar-refractivity contribution in [3.8, 4) is 0 Å². The minimum Gasteiger partial charge on any atom is -0.480 e. The van der Waals surface area contributed by atoms with Gasteiger partial charge in [-0.25, -0.2) is 4.79 Å². The van der Waals surface area contributed by atoms with Gasteiger partial charge in [0, 0.05) is 25.9 Å². The molecule has 0 heterocycles. The first-order valence-corrected chi connectivity index (χ1v) is 17.2. The Bertz CT molecular complexity index is 785. The van der Waals surface area contributed by atoms with Crippen LogP contribution in [0.2, 0.25) is 0 Å². The van der Waals surface area contributed by atoms with Gasteiger partial charge in [-0.2, -0.15) is 0 Å². The maximum atomic E-state index is 12.2. The van der Waals surface area contributed by atoms with E-state index < -0.39 is 12.0 Å². The predicted octanol–water partition coefficient (Wildman–Crippen LogP) is 3.32. The number of hydrogen-bond acceptors (Lipinski definition) is 9. The fraction of sp³-hybridized carbons (Fsp3) is 0.848. The number of aldehydes is 1. The van der Waals surface area contributed by atoms with Gasteiger partial charge in [-0.1, -0.05) is 84.0 Å². The average molecular weight is 660 g/mol. The maximum absolute atomic E-state index is 12.2. The Labute approximate surface area is 275 Å². The summed E-state index contributed by atoms with van der Waals surface area (Å²) in [6.45, 7) is 4.33. The smallest absolute Gasteiger partial charge is 0.326 e. The largest absolute Gasteiger partial charge is 0.480 e. The van der Waals surface area contributed by atoms with E-state index in [1.165, 1.54) is 64.2 Å². The Balaban J connectivity index is 3.69. The first-order valence-electron chi connectivity index (χ1n) is 17.2. The summed E-state index contributed by atoms with van der Waals surface area (Å²) in [7, 11) is 0. The zero-order valence-electron chi connectivity index (χ0n) is 28.2. The molecule has 268 valence electrons. The standard InChI is InChI=1S/C33H61N3O10/c1-2-3-4-5-6-7-8-9-10-11-12-13-14-15-31(39)36-29(33(41)42)16-17-30(38)34-18-21-44-26-27-46-28-32(40)35-19-22-43-24-25-45-23-20-37/h20,29H,2-19,21-28H2,1H3,(H,34,38)(H,35,40)(H,36,39)(H,41,42)/t29-/m0/s1. The topological polar surface area (TPSA) is 179 Å². The molecule has 0 radical (unpaired) electrons. The minimum atomic E-state index is -1.16. The summed E-state index contributed by atoms with van der Waals surface area (Å²) < 4.78 is 20.7. The first-order chi connectivity index (χ1) is 22.4. The molecule has 13 heteroatoms. The van der Waals surface area contributed by atoms with Crippen LogP contribution in [-0.2, 0) is 42.9 Å². The second-order valence-corrected chi connectivity index (χ2v) is 11.2. The zero-order chi connectivity index (χ0) is 33.9. The highest BCUT2D eigenvalue weighted by molar-refractivity contribution is 5.84. The summed E-state index contributed by atoms with van der Waals surface area (Å²) in [5.41, 5.74) is 0. The van der Waals surface area contributed by atoms with Crippen molar-refractivity contribution in [1.29, 1.82) is 0 Å². The number of hydrogen-bond donors (Lipinski definition) is 4. The second-order valence-electron chi connectivity index (χ2n) is 11.2. The number of aliphatic carboxylic acids is 1. The molecule has 3 amide bonds. The molecular weight excluding hydrogens is 598 g/mol. The van der Waals surface area contributed by atoms with Crippen LogP contribution in [0.4, 0.5) is 0 Å². The van der Waals surface area contributed by atoms with Gasteiger partial charge >= 0.3 is 5.97 Å². The fourth-order valence-corrected chi connectivity index (χ4v) is 4.50. The summed E-state index contributed by atoms with van der Waals surface area (Å²) in [6.07, 6.45) is 16.7. The lowest BCUT2D eigenvalue weighted by atomic mass is 10.0. The van der Waals surface area contributed by atoms with Crippen LogP contribution in [-0.4, -0.2) is 107 Å². The molecule has 0 aliphatic heterocycles. The van der Waals surface area contributed by atoms with Gasteiger partial charge in [0.25, 0.3) is 0 Å². The van der Waals surface area contributed by atoms with Gasteiger partial charge in [-0.3, -0.25) is 14.4 Å². The third kappa shape index (κ3) is 31.4. The Morgan fingerprint density at radius 3 is 1.65 bits per heavy atom. The number of unbranched alkanes of at least 4 members (excludes halogenated alkanes) is 12. The minimum absolute atomic E-state index is 0.00418. The molecule has 0 bridgehead atoms. The van der Waals surface area contributed by atoms with Gasteiger partial charge in [-0.15, -0.1) is 0 Å². The highest BCUT2D eigenvalue weighted by Gasteiger charge is 2.20. The Morgan fingerprint density at radius 2 is 1.11 bits per heavy atom. The molecule has 0 saturated heterocycles. The summed E-state index contributed by atoms with van der Waals surface area (Å²) >= 11 is 0. The van der Waals surface area contributed by atoms with Crippen LogP contribution in [0, 0.1) is 0 Å². The molecule has 0 spiro atoms. The molecule has 0 unspecified atom stereocenters. The second kappa shape index (κ2) is 33.7. The Kier molecular flexibility index (Phi) is 31.8. The van der Waals surface area contributed by atoms with Crippen LogP contribution in [0.5, 0.6) is 0 Å². The van der Waals surface area contributed by atoms with Gasteiger partial charge in [-0.05, 0) is 12.8 Å². The molecule has 0 aromatic heterocycles. The number of ether oxygens (including phenoxy) is 4. The highest BCUT2D eigenvalue weighted by atomic mass is 16.5. The number of nitrogens with one attached hydrogen (secondary N) is 3. The van der Waals surface area contributed by atoms with Crippen molar-refractivity contribution < 1.29 is 48.0 Å². The fourth-order valence-electron chi connectivity index (χ4n) is 4.50. The van der Waals surface area contributed by atoms with E-state index in [4.69, 9.17) is 18.9 Å². The Morgan fingerprint density at radius 1 is 0.609 bits per heavy atom. The van der Waals surface area contributed by atoms with Crippen LogP contribution < -0.4 is 16.0 Å². The van der Waals surface area contributed by atoms with Crippen LogP contribution in [0.3, 0.4) is 0 Å². The quantitative estimate of drug-likeness (QED) is 0.0583. The normalized spacial score (nSPS) is 11.6. The first kappa shape index (κ1) is 43.4. The number of rotatable bonds is 35. The summed E-state index contributed by atoms with van der Waals surface area (Å²) in [5.74, 6) is -2.07. The van der Waals surface area contributed by atoms with Gasteiger partial charge in [0.2, 0.25) is 17.7 Å². The van der Waals surface area contributed by atoms with Gasteiger partial charge in [0.15, 0.2) is 0 Å². The molecule has 0 fully saturated rings. The molecule has 13 nitrogen and oxygen atoms in total. The third-order valence-corrected chi connectivity index (χ3v) is 7.10. The van der Waals surface area contributed by atoms with E-state index in [1.54, 1.807) is 0 Å². The van der Waals surface area contributed by atoms with E-state index in [1.807, 2.05) is 0 Å². The van der Waals surface area contributed by atoms with Crippen LogP contribution >= 0.6 is 0 Å². The van der Waals surface area contributed by atoms with Crippen molar-refractivity contribution in [3.05, 3.63) is 0 Å². The lowest BCUT2D eigenvalue weighted by molar-refractivity contribution is -0.142. The lowest BCUT2D eigenvalue weighted by Gasteiger charge is -2.14. The molecular formula is C33H61N3O10. The van der Waals surface area contributed by atoms with Crippen molar-refractivity contribution in [3.63, 3.8) is 0 Å². The predicted molar refractivity (Wildman–Crippen MR) is 174 cm³/mol. The SMILES string of the molecule is CCCCCCCCCCCCCCCC(=O)N[C@@H](CCC(=O)NCCOCCOCC(=O)NCCOCCOCC=O)C(=O)O. The number of amides is 3. The summed E-state index contributed by atoms with van der Waals surface area (Å²) in [4.78, 5) is 57.7. The zero-order valence-corrected chi connectivity index (χ0v) is 28.2. The number of carbonyl (C=O) groups is 5. The molecule has 0 aliphatic rings. The van der Waals surface area contributed by atoms with E-state index in [2.05, 4.69) is 22.9 Å². The maximum Gasteiger partial charge on any atom is 0.326 e. The van der Waals surface area contributed by atoms with Crippen LogP contribution in [0.25, 0.3) is 0 Å². The van der Waals surface area contributed by atoms with Gasteiger partial charge in [0.1, 0.15) is 25.5 Å². The monoisotopic (exact) mass is 659 g/mol. The number of carboxylic acids is 1. The van der Waals surface area contributed by atoms with Crippen molar-refractivity contribution in [1.82, 2.24) is 16.0 Å². The molecule has 0 aliphatic carbocycles. The van der Waals surface area contributed by atoms with Crippen molar-refractivity contribution in [2.75, 3.05) is 65.9 Å². The van der Waals surface area contributed by atoms with Gasteiger partial charge in [0.05, 0.1) is 39.6 Å². The average Bonchev–Trinajstić information content (AvgIpc) is 3.03. The lowest BCUT2D eigenvalue weighted by Crippen LogP contribution is -2.41. The molecule has 4 N–H and O–H groups in total. The Hall–Kier alpha value is -2.61. The van der Waals surface area contributed by atoms with Crippen LogP contribution in [0.1, 0.15) is 110 Å². The molecule has 46 heavy (non-hydrogen) atoms. The number of carbonyl (C=O) groups excluding carboxylic acids is 4. The number of carboxylic acid groups (broad SMARTS) is 1. The summed E-state index contributed by atoms with van der Waals surface area (Å²) in [5, 5.41) is 17.3. The van der Waals surface area contributed by atoms with Crippen molar-refractivity contribution in [2.45, 2.75) is 116 Å². The van der Waals surface area contributed by atoms with Crippen molar-refractivity contribution >= 4 is 30.0 Å². The third-order valence-electron chi connectivity index (χ3n) is 7.10. The molecule has 0 aromatic carbocycles. The van der Waals surface area contributed by atoms with E-state index in [-0.39, 0.29) is 76.6 Å². The van der Waals surface area contributed by atoms with E-state index in [0.29, 0.717) is 32.7 Å². The van der Waals surface area contributed by atoms with Gasteiger partial charge < -0.3 is 44.8 Å². The van der Waals surface area contributed by atoms with Crippen molar-refractivity contribution in [2.24, 2.45) is 0 Å². The van der Waals surface area contributed by atoms with E-state index in [0.717, 1.165) is 19.3 Å². The summed E-state index contributed by atoms with van der Waals surface area (Å²) in [6, 6.07) is -1.10. The van der Waals surface area contributed by atoms with Crippen LogP contribution in [0.15, 0.2) is 0 Å². The highest BCUT2D eigenvalue weighted by Crippen LogP contribution is 2.13. The van der Waals surface area contributed by atoms with E-state index >= 15 is 0 Å². The molecule has 1 atom stereocenters.